The Morgan fingerprint density at radius 1 is 0.630 bits per heavy atom. The number of nitrogens with one attached hydrogen (secondary N) is 1. The van der Waals surface area contributed by atoms with Crippen molar-refractivity contribution in [1.29, 1.82) is 0 Å². The van der Waals surface area contributed by atoms with Crippen LogP contribution in [0.25, 0.3) is 0 Å². The van der Waals surface area contributed by atoms with Gasteiger partial charge in [-0.3, -0.25) is 9.36 Å². The number of hydrogen-bond acceptors (Lipinski definition) is 6. The molecule has 0 saturated heterocycles. The van der Waals surface area contributed by atoms with Crippen molar-refractivity contribution in [2.45, 2.75) is 219 Å². The fourth-order valence-electron chi connectivity index (χ4n) is 6.51. The molecule has 0 bridgehead atoms. The SMILES string of the molecule is CCC/C=C\CCCCCCCC(=O)NC(COP(=O)([O-])OCC[N+](C)(C)C)C(O)/C=C/CCCCCCCCCCCCCCCCCCCCCC. The fourth-order valence-corrected chi connectivity index (χ4v) is 7.23. The number of likely N-dealkylation sites (N-methyl/N-ethyl adjacent to an activating group) is 1. The molecule has 320 valence electrons. The van der Waals surface area contributed by atoms with Crippen molar-refractivity contribution in [1.82, 2.24) is 5.32 Å². The highest BCUT2D eigenvalue weighted by Gasteiger charge is 2.23. The Hall–Kier alpha value is -1.02. The second-order valence-corrected chi connectivity index (χ2v) is 18.2. The summed E-state index contributed by atoms with van der Waals surface area (Å²) in [7, 11) is 1.26. The van der Waals surface area contributed by atoms with Crippen LogP contribution in [0.2, 0.25) is 0 Å². The van der Waals surface area contributed by atoms with Gasteiger partial charge >= 0.3 is 0 Å². The molecule has 8 nitrogen and oxygen atoms in total. The second-order valence-electron chi connectivity index (χ2n) is 16.8. The Bertz CT molecular complexity index is 938. The van der Waals surface area contributed by atoms with Gasteiger partial charge in [0.1, 0.15) is 13.2 Å². The normalized spacial score (nSPS) is 14.6. The lowest BCUT2D eigenvalue weighted by atomic mass is 10.0. The number of aliphatic hydroxyl groups excluding tert-OH is 1. The molecule has 3 unspecified atom stereocenters. The van der Waals surface area contributed by atoms with Gasteiger partial charge in [0.25, 0.3) is 7.82 Å². The highest BCUT2D eigenvalue weighted by atomic mass is 31.2. The summed E-state index contributed by atoms with van der Waals surface area (Å²) in [6, 6.07) is -0.886. The van der Waals surface area contributed by atoms with E-state index in [-0.39, 0.29) is 19.1 Å². The number of allylic oxidation sites excluding steroid dienone is 3. The molecule has 1 amide bonds. The first-order chi connectivity index (χ1) is 26.0. The standard InChI is InChI=1S/C45H89N2O6P/c1-6-8-10-12-14-16-18-19-20-21-22-23-24-25-26-27-28-29-30-32-34-36-38-44(48)43(42-53-54(50,51)52-41-40-47(3,4)5)46-45(49)39-37-35-33-31-17-15-13-11-9-7-2/h11,13,36,38,43-44,48H,6-10,12,14-35,37,39-42H2,1-5H3,(H-,46,49,50,51)/b13-11-,38-36+. The fraction of sp³-hybridized carbons (Fsp3) is 0.889. The lowest BCUT2D eigenvalue weighted by Crippen LogP contribution is -2.45. The maximum atomic E-state index is 12.8. The third-order valence-electron chi connectivity index (χ3n) is 10.1. The van der Waals surface area contributed by atoms with E-state index in [0.29, 0.717) is 17.4 Å². The van der Waals surface area contributed by atoms with Crippen molar-refractivity contribution in [2.24, 2.45) is 0 Å². The first kappa shape index (κ1) is 53.0. The number of hydrogen-bond donors (Lipinski definition) is 2. The van der Waals surface area contributed by atoms with Gasteiger partial charge in [-0.1, -0.05) is 186 Å². The maximum absolute atomic E-state index is 12.8. The van der Waals surface area contributed by atoms with Gasteiger partial charge in [0.2, 0.25) is 5.91 Å². The Kier molecular flexibility index (Phi) is 36.8. The van der Waals surface area contributed by atoms with Crippen LogP contribution in [-0.2, 0) is 18.4 Å². The predicted octanol–water partition coefficient (Wildman–Crippen LogP) is 11.9. The smallest absolute Gasteiger partial charge is 0.268 e. The van der Waals surface area contributed by atoms with Gasteiger partial charge in [0.05, 0.1) is 39.9 Å². The number of carbonyl (C=O) groups is 1. The predicted molar refractivity (Wildman–Crippen MR) is 228 cm³/mol. The van der Waals surface area contributed by atoms with E-state index >= 15 is 0 Å². The zero-order valence-electron chi connectivity index (χ0n) is 36.2. The maximum Gasteiger partial charge on any atom is 0.268 e. The third-order valence-corrected chi connectivity index (χ3v) is 11.1. The molecule has 3 atom stereocenters. The summed E-state index contributed by atoms with van der Waals surface area (Å²) in [4.78, 5) is 25.2. The topological polar surface area (TPSA) is 108 Å². The lowest BCUT2D eigenvalue weighted by Gasteiger charge is -2.29. The summed E-state index contributed by atoms with van der Waals surface area (Å²) >= 11 is 0. The van der Waals surface area contributed by atoms with Gasteiger partial charge in [0, 0.05) is 6.42 Å². The van der Waals surface area contributed by atoms with Crippen LogP contribution >= 0.6 is 7.82 Å². The molecule has 0 heterocycles. The highest BCUT2D eigenvalue weighted by Crippen LogP contribution is 2.38. The molecule has 2 N–H and O–H groups in total. The minimum absolute atomic E-state index is 0.00172. The Morgan fingerprint density at radius 2 is 1.06 bits per heavy atom. The average Bonchev–Trinajstić information content (AvgIpc) is 3.12. The second kappa shape index (κ2) is 37.6. The summed E-state index contributed by atoms with van der Waals surface area (Å²) < 4.78 is 23.2. The number of rotatable bonds is 41. The number of unbranched alkanes of at least 4 members (excludes halogenated alkanes) is 26. The van der Waals surface area contributed by atoms with Crippen molar-refractivity contribution in [3.63, 3.8) is 0 Å². The number of phosphoric ester groups is 1. The molecule has 0 radical (unpaired) electrons. The number of phosphoric acid groups is 1. The Labute approximate surface area is 334 Å². The summed E-state index contributed by atoms with van der Waals surface area (Å²) in [5.41, 5.74) is 0. The molecule has 0 aliphatic carbocycles. The molecule has 54 heavy (non-hydrogen) atoms. The van der Waals surface area contributed by atoms with Crippen LogP contribution in [0.5, 0.6) is 0 Å². The summed E-state index contributed by atoms with van der Waals surface area (Å²) in [5.74, 6) is -0.209. The van der Waals surface area contributed by atoms with E-state index in [2.05, 4.69) is 31.3 Å². The monoisotopic (exact) mass is 785 g/mol. The van der Waals surface area contributed by atoms with Crippen LogP contribution in [0, 0.1) is 0 Å². The van der Waals surface area contributed by atoms with E-state index in [4.69, 9.17) is 9.05 Å². The molecule has 0 aromatic rings. The van der Waals surface area contributed by atoms with Crippen molar-refractivity contribution < 1.29 is 32.9 Å². The van der Waals surface area contributed by atoms with Crippen LogP contribution in [0.3, 0.4) is 0 Å². The molecular weight excluding hydrogens is 695 g/mol. The highest BCUT2D eigenvalue weighted by molar-refractivity contribution is 7.45. The number of nitrogens with zero attached hydrogens (tertiary/aromatic N) is 1. The third kappa shape index (κ3) is 39.2. The first-order valence-electron chi connectivity index (χ1n) is 22.7. The molecule has 0 aliphatic rings. The zero-order chi connectivity index (χ0) is 40.0. The van der Waals surface area contributed by atoms with E-state index in [0.717, 1.165) is 64.2 Å². The molecular formula is C45H89N2O6P. The number of carbonyl (C=O) groups excluding carboxylic acids is 1. The largest absolute Gasteiger partial charge is 0.756 e. The molecule has 0 saturated carbocycles. The van der Waals surface area contributed by atoms with Gasteiger partial charge in [-0.05, 0) is 38.5 Å². The van der Waals surface area contributed by atoms with Crippen LogP contribution in [0.4, 0.5) is 0 Å². The Morgan fingerprint density at radius 3 is 1.52 bits per heavy atom. The summed E-state index contributed by atoms with van der Waals surface area (Å²) in [6.07, 6.45) is 43.8. The quantitative estimate of drug-likeness (QED) is 0.0277. The minimum Gasteiger partial charge on any atom is -0.756 e. The van der Waals surface area contributed by atoms with E-state index < -0.39 is 20.0 Å². The minimum atomic E-state index is -4.58. The van der Waals surface area contributed by atoms with Gasteiger partial charge in [-0.15, -0.1) is 0 Å². The van der Waals surface area contributed by atoms with Crippen molar-refractivity contribution >= 4 is 13.7 Å². The number of aliphatic hydroxyl groups is 1. The number of amides is 1. The van der Waals surface area contributed by atoms with Gasteiger partial charge in [-0.25, -0.2) is 0 Å². The average molecular weight is 785 g/mol. The first-order valence-corrected chi connectivity index (χ1v) is 24.2. The van der Waals surface area contributed by atoms with E-state index in [1.54, 1.807) is 6.08 Å². The molecule has 0 aromatic carbocycles. The van der Waals surface area contributed by atoms with Gasteiger partial charge < -0.3 is 28.8 Å². The summed E-state index contributed by atoms with van der Waals surface area (Å²) in [5, 5.41) is 13.7. The van der Waals surface area contributed by atoms with E-state index in [1.165, 1.54) is 122 Å². The van der Waals surface area contributed by atoms with Crippen molar-refractivity contribution in [3.8, 4) is 0 Å². The Balaban J connectivity index is 4.29. The van der Waals surface area contributed by atoms with Crippen LogP contribution in [-0.4, -0.2) is 68.5 Å². The molecule has 0 aromatic heterocycles. The molecule has 9 heteroatoms. The number of quaternary nitrogens is 1. The van der Waals surface area contributed by atoms with Gasteiger partial charge in [-0.2, -0.15) is 0 Å². The van der Waals surface area contributed by atoms with E-state index in [1.807, 2.05) is 27.2 Å². The molecule has 0 rings (SSSR count). The lowest BCUT2D eigenvalue weighted by molar-refractivity contribution is -0.870. The van der Waals surface area contributed by atoms with Gasteiger partial charge in [0.15, 0.2) is 0 Å². The molecule has 0 aliphatic heterocycles. The van der Waals surface area contributed by atoms with Crippen molar-refractivity contribution in [2.75, 3.05) is 40.9 Å². The zero-order valence-corrected chi connectivity index (χ0v) is 37.1. The summed E-state index contributed by atoms with van der Waals surface area (Å²) in [6.45, 7) is 4.58. The van der Waals surface area contributed by atoms with Crippen LogP contribution < -0.4 is 10.2 Å². The molecule has 0 spiro atoms. The van der Waals surface area contributed by atoms with Crippen molar-refractivity contribution in [3.05, 3.63) is 24.3 Å². The van der Waals surface area contributed by atoms with Crippen LogP contribution in [0.15, 0.2) is 24.3 Å². The molecule has 0 fully saturated rings. The van der Waals surface area contributed by atoms with E-state index in [9.17, 15) is 19.4 Å². The van der Waals surface area contributed by atoms with Crippen LogP contribution in [0.1, 0.15) is 206 Å².